The van der Waals surface area contributed by atoms with Crippen LogP contribution in [0.4, 0.5) is 5.69 Å². The maximum atomic E-state index is 11.9. The molecule has 96 valence electrons. The first kappa shape index (κ1) is 14.7. The van der Waals surface area contributed by atoms with Gasteiger partial charge >= 0.3 is 0 Å². The Morgan fingerprint density at radius 2 is 2.06 bits per heavy atom. The fraction of sp³-hybridized carbons (Fsp3) is 0.400. The van der Waals surface area contributed by atoms with Crippen molar-refractivity contribution in [2.75, 3.05) is 23.5 Å². The summed E-state index contributed by atoms with van der Waals surface area (Å²) in [6.07, 6.45) is 1.55. The van der Waals surface area contributed by atoms with Crippen LogP contribution in [0.25, 0.3) is 0 Å². The fourth-order valence-electron chi connectivity index (χ4n) is 1.29. The number of hydrogen-bond acceptors (Lipinski definition) is 4. The van der Waals surface area contributed by atoms with Crippen molar-refractivity contribution >= 4 is 42.3 Å². The van der Waals surface area contributed by atoms with Gasteiger partial charge in [0.1, 0.15) is 9.84 Å². The molecule has 1 rings (SSSR count). The molecule has 4 nitrogen and oxygen atoms in total. The molecule has 0 heterocycles. The van der Waals surface area contributed by atoms with Crippen molar-refractivity contribution < 1.29 is 12.6 Å². The number of nitrogens with two attached hydrogens (primary N) is 1. The number of anilines is 1. The van der Waals surface area contributed by atoms with Crippen molar-refractivity contribution in [2.24, 2.45) is 0 Å². The summed E-state index contributed by atoms with van der Waals surface area (Å²) < 4.78 is 34.6. The van der Waals surface area contributed by atoms with Crippen molar-refractivity contribution in [1.82, 2.24) is 0 Å². The van der Waals surface area contributed by atoms with E-state index in [1.165, 1.54) is 6.26 Å². The van der Waals surface area contributed by atoms with E-state index in [-0.39, 0.29) is 5.75 Å². The summed E-state index contributed by atoms with van der Waals surface area (Å²) in [5.41, 5.74) is 6.19. The van der Waals surface area contributed by atoms with Gasteiger partial charge in [-0.15, -0.1) is 0 Å². The Morgan fingerprint density at radius 3 is 2.59 bits per heavy atom. The van der Waals surface area contributed by atoms with Gasteiger partial charge in [0.2, 0.25) is 0 Å². The largest absolute Gasteiger partial charge is 0.398 e. The van der Waals surface area contributed by atoms with Crippen LogP contribution in [0.5, 0.6) is 0 Å². The predicted octanol–water partition coefficient (Wildman–Crippen LogP) is 1.57. The molecule has 0 spiro atoms. The molecule has 1 aromatic rings. The highest BCUT2D eigenvalue weighted by Crippen LogP contribution is 2.21. The van der Waals surface area contributed by atoms with E-state index < -0.39 is 20.6 Å². The molecule has 0 aliphatic carbocycles. The van der Waals surface area contributed by atoms with Crippen LogP contribution in [0.1, 0.15) is 6.42 Å². The van der Waals surface area contributed by atoms with Crippen molar-refractivity contribution in [3.63, 3.8) is 0 Å². The molecular formula is C10H14BrNO3S2. The van der Waals surface area contributed by atoms with Gasteiger partial charge in [-0.1, -0.05) is 15.9 Å². The zero-order valence-corrected chi connectivity index (χ0v) is 12.6. The molecule has 17 heavy (non-hydrogen) atoms. The van der Waals surface area contributed by atoms with Crippen molar-refractivity contribution in [2.45, 2.75) is 11.3 Å². The number of halogens is 1. The first-order valence-corrected chi connectivity index (χ1v) is 9.08. The second-order valence-corrected chi connectivity index (χ2v) is 8.43. The number of benzene rings is 1. The predicted molar refractivity (Wildman–Crippen MR) is 74.2 cm³/mol. The Balaban J connectivity index is 2.65. The first-order valence-electron chi connectivity index (χ1n) is 4.91. The Kier molecular flexibility index (Phi) is 5.15. The van der Waals surface area contributed by atoms with Gasteiger partial charge in [0.15, 0.2) is 0 Å². The lowest BCUT2D eigenvalue weighted by molar-refractivity contribution is 0.600. The lowest BCUT2D eigenvalue weighted by atomic mass is 10.3. The summed E-state index contributed by atoms with van der Waals surface area (Å²) in [5, 5.41) is 0. The van der Waals surface area contributed by atoms with E-state index in [4.69, 9.17) is 5.73 Å². The van der Waals surface area contributed by atoms with Gasteiger partial charge in [-0.25, -0.2) is 8.42 Å². The molecular weight excluding hydrogens is 326 g/mol. The van der Waals surface area contributed by atoms with E-state index in [1.807, 2.05) is 0 Å². The number of sulfone groups is 1. The number of rotatable bonds is 5. The monoisotopic (exact) mass is 339 g/mol. The molecule has 1 unspecified atom stereocenters. The van der Waals surface area contributed by atoms with E-state index in [9.17, 15) is 12.6 Å². The SMILES string of the molecule is CS(=O)(=O)CCCS(=O)c1ccc(Br)cc1N. The molecule has 0 amide bonds. The summed E-state index contributed by atoms with van der Waals surface area (Å²) in [6, 6.07) is 5.14. The van der Waals surface area contributed by atoms with Gasteiger partial charge in [0, 0.05) is 22.2 Å². The highest BCUT2D eigenvalue weighted by atomic mass is 79.9. The smallest absolute Gasteiger partial charge is 0.147 e. The third-order valence-electron chi connectivity index (χ3n) is 2.06. The molecule has 0 aliphatic heterocycles. The van der Waals surface area contributed by atoms with Crippen LogP contribution in [-0.2, 0) is 20.6 Å². The first-order chi connectivity index (χ1) is 7.79. The average Bonchev–Trinajstić information content (AvgIpc) is 2.15. The number of nitrogen functional groups attached to an aromatic ring is 1. The van der Waals surface area contributed by atoms with Crippen LogP contribution in [0.3, 0.4) is 0 Å². The maximum absolute atomic E-state index is 11.9. The minimum Gasteiger partial charge on any atom is -0.398 e. The summed E-state index contributed by atoms with van der Waals surface area (Å²) in [7, 11) is -4.24. The van der Waals surface area contributed by atoms with Gasteiger partial charge in [0.05, 0.1) is 21.4 Å². The zero-order valence-electron chi connectivity index (χ0n) is 9.35. The van der Waals surface area contributed by atoms with Gasteiger partial charge < -0.3 is 5.73 Å². The van der Waals surface area contributed by atoms with E-state index in [2.05, 4.69) is 15.9 Å². The van der Waals surface area contributed by atoms with Gasteiger partial charge in [-0.3, -0.25) is 4.21 Å². The third-order valence-corrected chi connectivity index (χ3v) is 5.11. The van der Waals surface area contributed by atoms with Gasteiger partial charge in [-0.05, 0) is 24.6 Å². The zero-order chi connectivity index (χ0) is 13.1. The molecule has 0 radical (unpaired) electrons. The second-order valence-electron chi connectivity index (χ2n) is 3.72. The molecule has 0 aliphatic rings. The quantitative estimate of drug-likeness (QED) is 0.826. The molecule has 0 fully saturated rings. The van der Waals surface area contributed by atoms with Crippen LogP contribution in [0.15, 0.2) is 27.6 Å². The molecule has 2 N–H and O–H groups in total. The lowest BCUT2D eigenvalue weighted by Crippen LogP contribution is -2.08. The van der Waals surface area contributed by atoms with E-state index in [0.717, 1.165) is 4.47 Å². The normalized spacial score (nSPS) is 13.5. The molecule has 0 saturated heterocycles. The topological polar surface area (TPSA) is 77.2 Å². The molecule has 1 aromatic carbocycles. The van der Waals surface area contributed by atoms with E-state index in [0.29, 0.717) is 22.8 Å². The Hall–Kier alpha value is -0.400. The van der Waals surface area contributed by atoms with Crippen molar-refractivity contribution in [3.05, 3.63) is 22.7 Å². The Labute approximate surface area is 112 Å². The van der Waals surface area contributed by atoms with Gasteiger partial charge in [0.25, 0.3) is 0 Å². The fourth-order valence-corrected chi connectivity index (χ4v) is 3.69. The average molecular weight is 340 g/mol. The maximum Gasteiger partial charge on any atom is 0.147 e. The Bertz CT molecular complexity index is 528. The summed E-state index contributed by atoms with van der Waals surface area (Å²) in [5.74, 6) is 0.355. The summed E-state index contributed by atoms with van der Waals surface area (Å²) in [6.45, 7) is 0. The van der Waals surface area contributed by atoms with E-state index >= 15 is 0 Å². The Morgan fingerprint density at radius 1 is 1.41 bits per heavy atom. The molecule has 0 saturated carbocycles. The van der Waals surface area contributed by atoms with Gasteiger partial charge in [-0.2, -0.15) is 0 Å². The highest BCUT2D eigenvalue weighted by Gasteiger charge is 2.10. The molecule has 0 bridgehead atoms. The minimum atomic E-state index is -2.99. The lowest BCUT2D eigenvalue weighted by Gasteiger charge is -2.05. The third kappa shape index (κ3) is 5.18. The second kappa shape index (κ2) is 5.97. The van der Waals surface area contributed by atoms with Crippen LogP contribution >= 0.6 is 15.9 Å². The highest BCUT2D eigenvalue weighted by molar-refractivity contribution is 9.10. The molecule has 7 heteroatoms. The van der Waals surface area contributed by atoms with E-state index in [1.54, 1.807) is 18.2 Å². The number of hydrogen-bond donors (Lipinski definition) is 1. The minimum absolute atomic E-state index is 0.0508. The van der Waals surface area contributed by atoms with Crippen LogP contribution < -0.4 is 5.73 Å². The summed E-state index contributed by atoms with van der Waals surface area (Å²) >= 11 is 3.27. The van der Waals surface area contributed by atoms with Crippen LogP contribution in [0, 0.1) is 0 Å². The standard InChI is InChI=1S/C10H14BrNO3S2/c1-17(14,15)6-2-5-16(13)10-4-3-8(11)7-9(10)12/h3-4,7H,2,5-6,12H2,1H3. The van der Waals surface area contributed by atoms with Crippen molar-refractivity contribution in [3.8, 4) is 0 Å². The van der Waals surface area contributed by atoms with Crippen LogP contribution in [0.2, 0.25) is 0 Å². The summed E-state index contributed by atoms with van der Waals surface area (Å²) in [4.78, 5) is 0.557. The molecule has 1 atom stereocenters. The molecule has 0 aromatic heterocycles. The van der Waals surface area contributed by atoms with Crippen LogP contribution in [-0.4, -0.2) is 30.4 Å². The van der Waals surface area contributed by atoms with Crippen molar-refractivity contribution in [1.29, 1.82) is 0 Å².